The fourth-order valence-corrected chi connectivity index (χ4v) is 2.54. The number of aromatic nitrogens is 4. The minimum Gasteiger partial charge on any atom is -0.382 e. The highest BCUT2D eigenvalue weighted by atomic mass is 16.3. The Bertz CT molecular complexity index is 959. The van der Waals surface area contributed by atoms with Crippen LogP contribution in [0.1, 0.15) is 18.8 Å². The number of aliphatic hydroxyl groups excluding tert-OH is 1. The summed E-state index contributed by atoms with van der Waals surface area (Å²) < 4.78 is 1.64. The summed E-state index contributed by atoms with van der Waals surface area (Å²) in [6.07, 6.45) is 2.49. The molecule has 4 rings (SSSR count). The first-order chi connectivity index (χ1) is 11.8. The Balaban J connectivity index is 0.00000182. The van der Waals surface area contributed by atoms with Crippen LogP contribution in [-0.2, 0) is 0 Å². The van der Waals surface area contributed by atoms with Gasteiger partial charge in [-0.15, -0.1) is 5.10 Å². The minimum absolute atomic E-state index is 0. The van der Waals surface area contributed by atoms with Gasteiger partial charge in [0.25, 0.3) is 0 Å². The molecule has 0 aliphatic carbocycles. The molecule has 0 bridgehead atoms. The fraction of sp³-hybridized carbons (Fsp3) is 0.0556. The van der Waals surface area contributed by atoms with Crippen LogP contribution in [0, 0.1) is 0 Å². The zero-order valence-corrected chi connectivity index (χ0v) is 12.7. The van der Waals surface area contributed by atoms with Crippen molar-refractivity contribution in [2.24, 2.45) is 0 Å². The molecule has 6 nitrogen and oxygen atoms in total. The number of nitrogens with zero attached hydrogens (tertiary/aromatic N) is 4. The molecule has 3 aromatic heterocycles. The van der Waals surface area contributed by atoms with E-state index in [9.17, 15) is 5.11 Å². The standard InChI is InChI=1S/C18H15N5O.H2/c24-17(13-6-5-11-19-12-13)15-9-4-10-16-21-18(22-23(15)16)20-14-7-2-1-3-8-14;/h1-12,17,24H,(H,20,22);1H. The number of para-hydroxylation sites is 1. The molecule has 120 valence electrons. The van der Waals surface area contributed by atoms with Gasteiger partial charge in [-0.1, -0.05) is 30.3 Å². The smallest absolute Gasteiger partial charge is 0.247 e. The van der Waals surface area contributed by atoms with Gasteiger partial charge >= 0.3 is 0 Å². The van der Waals surface area contributed by atoms with Gasteiger partial charge in [0.05, 0.1) is 5.69 Å². The monoisotopic (exact) mass is 319 g/mol. The van der Waals surface area contributed by atoms with Crippen molar-refractivity contribution in [1.29, 1.82) is 0 Å². The predicted molar refractivity (Wildman–Crippen MR) is 93.1 cm³/mol. The zero-order chi connectivity index (χ0) is 16.4. The quantitative estimate of drug-likeness (QED) is 0.604. The van der Waals surface area contributed by atoms with Crippen LogP contribution in [0.25, 0.3) is 5.65 Å². The Hall–Kier alpha value is -3.25. The largest absolute Gasteiger partial charge is 0.382 e. The van der Waals surface area contributed by atoms with Gasteiger partial charge in [0.2, 0.25) is 5.95 Å². The first-order valence-electron chi connectivity index (χ1n) is 7.57. The van der Waals surface area contributed by atoms with Crippen LogP contribution in [0.5, 0.6) is 0 Å². The third-order valence-electron chi connectivity index (χ3n) is 3.70. The maximum atomic E-state index is 10.6. The molecule has 1 unspecified atom stereocenters. The number of anilines is 2. The van der Waals surface area contributed by atoms with Crippen molar-refractivity contribution < 1.29 is 6.53 Å². The van der Waals surface area contributed by atoms with Gasteiger partial charge in [-0.25, -0.2) is 4.52 Å². The molecule has 0 aliphatic heterocycles. The van der Waals surface area contributed by atoms with Crippen LogP contribution in [0.4, 0.5) is 11.6 Å². The van der Waals surface area contributed by atoms with Crippen LogP contribution < -0.4 is 5.32 Å². The average Bonchev–Trinajstić information content (AvgIpc) is 3.05. The summed E-state index contributed by atoms with van der Waals surface area (Å²) >= 11 is 0. The Kier molecular flexibility index (Phi) is 3.64. The normalized spacial score (nSPS) is 12.2. The first kappa shape index (κ1) is 14.3. The lowest BCUT2D eigenvalue weighted by atomic mass is 10.1. The number of hydrogen-bond donors (Lipinski definition) is 2. The third-order valence-corrected chi connectivity index (χ3v) is 3.70. The highest BCUT2D eigenvalue weighted by molar-refractivity contribution is 5.55. The van der Waals surface area contributed by atoms with Gasteiger partial charge in [0.1, 0.15) is 6.10 Å². The number of benzene rings is 1. The molecule has 0 aliphatic rings. The number of aliphatic hydroxyl groups is 1. The van der Waals surface area contributed by atoms with Gasteiger partial charge in [0.15, 0.2) is 5.65 Å². The SMILES string of the molecule is OC(c1cccnc1)c1cccc2nc(Nc3ccccc3)nn12.[HH]. The highest BCUT2D eigenvalue weighted by Gasteiger charge is 2.16. The lowest BCUT2D eigenvalue weighted by molar-refractivity contribution is 0.212. The van der Waals surface area contributed by atoms with E-state index in [1.54, 1.807) is 23.0 Å². The molecule has 6 heteroatoms. The van der Waals surface area contributed by atoms with E-state index in [0.717, 1.165) is 5.69 Å². The molecule has 0 amide bonds. The first-order valence-corrected chi connectivity index (χ1v) is 7.57. The molecule has 1 atom stereocenters. The van der Waals surface area contributed by atoms with Crippen LogP contribution in [-0.4, -0.2) is 24.7 Å². The van der Waals surface area contributed by atoms with E-state index in [4.69, 9.17) is 0 Å². The second kappa shape index (κ2) is 6.10. The van der Waals surface area contributed by atoms with Crippen molar-refractivity contribution in [2.75, 3.05) is 5.32 Å². The lowest BCUT2D eigenvalue weighted by Gasteiger charge is -2.11. The summed E-state index contributed by atoms with van der Waals surface area (Å²) in [5.74, 6) is 0.479. The Labute approximate surface area is 139 Å². The lowest BCUT2D eigenvalue weighted by Crippen LogP contribution is -2.07. The van der Waals surface area contributed by atoms with E-state index in [1.807, 2.05) is 54.6 Å². The molecular weight excluding hydrogens is 302 g/mol. The van der Waals surface area contributed by atoms with E-state index >= 15 is 0 Å². The van der Waals surface area contributed by atoms with Crippen LogP contribution in [0.3, 0.4) is 0 Å². The molecule has 0 fully saturated rings. The van der Waals surface area contributed by atoms with Gasteiger partial charge in [-0.2, -0.15) is 4.98 Å². The van der Waals surface area contributed by atoms with E-state index in [0.29, 0.717) is 22.9 Å². The number of rotatable bonds is 4. The van der Waals surface area contributed by atoms with Gasteiger partial charge in [0, 0.05) is 25.1 Å². The predicted octanol–water partition coefficient (Wildman–Crippen LogP) is 3.20. The highest BCUT2D eigenvalue weighted by Crippen LogP contribution is 2.22. The maximum Gasteiger partial charge on any atom is 0.247 e. The van der Waals surface area contributed by atoms with Gasteiger partial charge in [-0.05, 0) is 30.3 Å². The average molecular weight is 319 g/mol. The molecular formula is C18H17N5O. The van der Waals surface area contributed by atoms with E-state index in [1.165, 1.54) is 0 Å². The molecule has 3 heterocycles. The molecule has 0 saturated heterocycles. The van der Waals surface area contributed by atoms with Crippen molar-refractivity contribution >= 4 is 17.3 Å². The fourth-order valence-electron chi connectivity index (χ4n) is 2.54. The van der Waals surface area contributed by atoms with Crippen molar-refractivity contribution in [2.45, 2.75) is 6.10 Å². The van der Waals surface area contributed by atoms with Gasteiger partial charge in [-0.3, -0.25) is 4.98 Å². The number of nitrogens with one attached hydrogen (secondary N) is 1. The van der Waals surface area contributed by atoms with Crippen molar-refractivity contribution in [3.05, 3.63) is 84.3 Å². The Morgan fingerprint density at radius 2 is 1.88 bits per heavy atom. The van der Waals surface area contributed by atoms with Crippen LogP contribution >= 0.6 is 0 Å². The number of hydrogen-bond acceptors (Lipinski definition) is 5. The molecule has 2 N–H and O–H groups in total. The summed E-state index contributed by atoms with van der Waals surface area (Å²) in [5.41, 5.74) is 2.91. The second-order valence-corrected chi connectivity index (χ2v) is 5.34. The number of pyridine rings is 2. The van der Waals surface area contributed by atoms with Crippen molar-refractivity contribution in [3.63, 3.8) is 0 Å². The summed E-state index contributed by atoms with van der Waals surface area (Å²) in [6, 6.07) is 18.9. The molecule has 0 spiro atoms. The molecule has 24 heavy (non-hydrogen) atoms. The zero-order valence-electron chi connectivity index (χ0n) is 12.7. The van der Waals surface area contributed by atoms with E-state index < -0.39 is 6.10 Å². The molecule has 0 radical (unpaired) electrons. The number of fused-ring (bicyclic) bond motifs is 1. The Morgan fingerprint density at radius 1 is 1.00 bits per heavy atom. The molecule has 0 saturated carbocycles. The maximum absolute atomic E-state index is 10.6. The molecule has 4 aromatic rings. The second-order valence-electron chi connectivity index (χ2n) is 5.34. The van der Waals surface area contributed by atoms with Crippen LogP contribution in [0.15, 0.2) is 73.1 Å². The summed E-state index contributed by atoms with van der Waals surface area (Å²) in [6.45, 7) is 0. The summed E-state index contributed by atoms with van der Waals surface area (Å²) in [5, 5.41) is 18.3. The van der Waals surface area contributed by atoms with Gasteiger partial charge < -0.3 is 10.4 Å². The summed E-state index contributed by atoms with van der Waals surface area (Å²) in [4.78, 5) is 8.51. The van der Waals surface area contributed by atoms with E-state index in [2.05, 4.69) is 20.4 Å². The minimum atomic E-state index is -0.825. The summed E-state index contributed by atoms with van der Waals surface area (Å²) in [7, 11) is 0. The van der Waals surface area contributed by atoms with Crippen LogP contribution in [0.2, 0.25) is 0 Å². The molecule has 1 aromatic carbocycles. The third kappa shape index (κ3) is 2.70. The van der Waals surface area contributed by atoms with E-state index in [-0.39, 0.29) is 1.43 Å². The Morgan fingerprint density at radius 3 is 2.67 bits per heavy atom. The topological polar surface area (TPSA) is 75.3 Å². The van der Waals surface area contributed by atoms with Crippen molar-refractivity contribution in [3.8, 4) is 0 Å². The van der Waals surface area contributed by atoms with Crippen molar-refractivity contribution in [1.82, 2.24) is 19.6 Å².